The van der Waals surface area contributed by atoms with E-state index < -0.39 is 5.82 Å². The molecule has 2 N–H and O–H groups in total. The maximum atomic E-state index is 12.5. The topological polar surface area (TPSA) is 26.0 Å². The molecule has 10 heavy (non-hydrogen) atoms. The molecule has 0 atom stereocenters. The van der Waals surface area contributed by atoms with Crippen molar-refractivity contribution in [1.29, 1.82) is 0 Å². The molecule has 0 aromatic heterocycles. The van der Waals surface area contributed by atoms with E-state index in [4.69, 9.17) is 16.7 Å². The number of benzene rings is 1. The van der Waals surface area contributed by atoms with Crippen LogP contribution in [0.25, 0.3) is 0 Å². The maximum Gasteiger partial charge on any atom is 0.141 e. The van der Waals surface area contributed by atoms with Crippen LogP contribution in [-0.4, -0.2) is 0 Å². The Morgan fingerprint density at radius 1 is 1.50 bits per heavy atom. The minimum absolute atomic E-state index is 0.107. The zero-order valence-corrected chi connectivity index (χ0v) is 6.55. The highest BCUT2D eigenvalue weighted by Gasteiger charge is 1.98. The Hall–Kier alpha value is -0.250. The third-order valence-corrected chi connectivity index (χ3v) is 1.84. The molecule has 0 aliphatic heterocycles. The molecule has 0 amide bonds. The van der Waals surface area contributed by atoms with Crippen molar-refractivity contribution in [2.24, 2.45) is 5.14 Å². The molecule has 0 saturated carbocycles. The summed E-state index contributed by atoms with van der Waals surface area (Å²) in [6.45, 7) is 0. The number of hydrogen-bond acceptors (Lipinski definition) is 2. The summed E-state index contributed by atoms with van der Waals surface area (Å²) >= 11 is 6.49. The molecule has 1 aromatic rings. The van der Waals surface area contributed by atoms with Gasteiger partial charge in [0.25, 0.3) is 0 Å². The molecule has 1 nitrogen and oxygen atoms in total. The first-order chi connectivity index (χ1) is 4.74. The Morgan fingerprint density at radius 2 is 2.20 bits per heavy atom. The fraction of sp³-hybridized carbons (Fsp3) is 0. The van der Waals surface area contributed by atoms with Crippen molar-refractivity contribution >= 4 is 23.5 Å². The molecule has 0 radical (unpaired) electrons. The molecule has 0 saturated heterocycles. The third kappa shape index (κ3) is 1.62. The van der Waals surface area contributed by atoms with Gasteiger partial charge in [0.05, 0.1) is 5.02 Å². The first-order valence-corrected chi connectivity index (χ1v) is 3.81. The predicted octanol–water partition coefficient (Wildman–Crippen LogP) is 2.44. The summed E-state index contributed by atoms with van der Waals surface area (Å²) in [5.41, 5.74) is 0. The average molecular weight is 178 g/mol. The first kappa shape index (κ1) is 7.85. The van der Waals surface area contributed by atoms with E-state index in [-0.39, 0.29) is 5.02 Å². The Labute approximate surface area is 67.5 Å². The van der Waals surface area contributed by atoms with Crippen LogP contribution < -0.4 is 5.14 Å². The van der Waals surface area contributed by atoms with Gasteiger partial charge in [-0.05, 0) is 30.1 Å². The van der Waals surface area contributed by atoms with E-state index in [1.165, 1.54) is 12.1 Å². The van der Waals surface area contributed by atoms with Gasteiger partial charge in [0.2, 0.25) is 0 Å². The van der Waals surface area contributed by atoms with Crippen LogP contribution >= 0.6 is 23.5 Å². The van der Waals surface area contributed by atoms with Crippen LogP contribution in [0.3, 0.4) is 0 Å². The summed E-state index contributed by atoms with van der Waals surface area (Å²) in [5.74, 6) is -0.417. The number of hydrogen-bond donors (Lipinski definition) is 1. The van der Waals surface area contributed by atoms with E-state index in [1.54, 1.807) is 6.07 Å². The molecular weight excluding hydrogens is 173 g/mol. The summed E-state index contributed by atoms with van der Waals surface area (Å²) in [6.07, 6.45) is 0. The van der Waals surface area contributed by atoms with E-state index in [9.17, 15) is 4.39 Å². The standard InChI is InChI=1S/C6H5ClFNS/c7-5-3-4(10-9)1-2-6(5)8/h1-3H,9H2. The second-order valence-electron chi connectivity index (χ2n) is 1.69. The fourth-order valence-electron chi connectivity index (χ4n) is 0.550. The van der Waals surface area contributed by atoms with Crippen molar-refractivity contribution < 1.29 is 4.39 Å². The van der Waals surface area contributed by atoms with Gasteiger partial charge < -0.3 is 0 Å². The highest BCUT2D eigenvalue weighted by atomic mass is 35.5. The van der Waals surface area contributed by atoms with Gasteiger partial charge in [0.1, 0.15) is 5.82 Å². The predicted molar refractivity (Wildman–Crippen MR) is 41.5 cm³/mol. The maximum absolute atomic E-state index is 12.5. The smallest absolute Gasteiger partial charge is 0.141 e. The van der Waals surface area contributed by atoms with Gasteiger partial charge in [0.15, 0.2) is 0 Å². The molecule has 1 aromatic carbocycles. The van der Waals surface area contributed by atoms with Crippen LogP contribution in [0.15, 0.2) is 23.1 Å². The Morgan fingerprint density at radius 3 is 2.70 bits per heavy atom. The second kappa shape index (κ2) is 3.23. The number of halogens is 2. The van der Waals surface area contributed by atoms with Crippen molar-refractivity contribution in [3.05, 3.63) is 29.0 Å². The summed E-state index contributed by atoms with van der Waals surface area (Å²) in [4.78, 5) is 0.756. The van der Waals surface area contributed by atoms with Crippen molar-refractivity contribution in [2.45, 2.75) is 4.90 Å². The highest BCUT2D eigenvalue weighted by molar-refractivity contribution is 7.97. The third-order valence-electron chi connectivity index (χ3n) is 1.03. The van der Waals surface area contributed by atoms with Crippen molar-refractivity contribution in [3.8, 4) is 0 Å². The molecule has 0 heterocycles. The van der Waals surface area contributed by atoms with Gasteiger partial charge in [-0.2, -0.15) is 0 Å². The van der Waals surface area contributed by atoms with E-state index in [1.807, 2.05) is 0 Å². The molecule has 0 spiro atoms. The van der Waals surface area contributed by atoms with Gasteiger partial charge >= 0.3 is 0 Å². The second-order valence-corrected chi connectivity index (χ2v) is 2.81. The highest BCUT2D eigenvalue weighted by Crippen LogP contribution is 2.20. The van der Waals surface area contributed by atoms with Crippen LogP contribution in [0, 0.1) is 5.82 Å². The Balaban J connectivity index is 3.04. The van der Waals surface area contributed by atoms with Gasteiger partial charge in [-0.25, -0.2) is 4.39 Å². The Bertz CT molecular complexity index is 241. The van der Waals surface area contributed by atoms with E-state index in [0.717, 1.165) is 16.8 Å². The van der Waals surface area contributed by atoms with E-state index in [2.05, 4.69) is 0 Å². The van der Waals surface area contributed by atoms with Crippen LogP contribution in [0.1, 0.15) is 0 Å². The molecule has 0 fully saturated rings. The average Bonchev–Trinajstić information content (AvgIpc) is 1.95. The quantitative estimate of drug-likeness (QED) is 0.667. The molecule has 0 unspecified atom stereocenters. The zero-order valence-electron chi connectivity index (χ0n) is 4.97. The summed E-state index contributed by atoms with van der Waals surface area (Å²) in [5, 5.41) is 5.31. The minimum atomic E-state index is -0.417. The van der Waals surface area contributed by atoms with E-state index >= 15 is 0 Å². The van der Waals surface area contributed by atoms with Crippen LogP contribution in [0.2, 0.25) is 5.02 Å². The van der Waals surface area contributed by atoms with Gasteiger partial charge in [-0.3, -0.25) is 5.14 Å². The first-order valence-electron chi connectivity index (χ1n) is 2.56. The Kier molecular flexibility index (Phi) is 2.54. The van der Waals surface area contributed by atoms with Crippen molar-refractivity contribution in [2.75, 3.05) is 0 Å². The van der Waals surface area contributed by atoms with Crippen molar-refractivity contribution in [1.82, 2.24) is 0 Å². The lowest BCUT2D eigenvalue weighted by Crippen LogP contribution is -1.81. The van der Waals surface area contributed by atoms with Gasteiger partial charge in [0, 0.05) is 4.90 Å². The molecule has 4 heteroatoms. The summed E-state index contributed by atoms with van der Waals surface area (Å²) < 4.78 is 12.5. The lowest BCUT2D eigenvalue weighted by molar-refractivity contribution is 0.627. The molecular formula is C6H5ClFNS. The fourth-order valence-corrected chi connectivity index (χ4v) is 1.13. The van der Waals surface area contributed by atoms with Gasteiger partial charge in [-0.15, -0.1) is 0 Å². The zero-order chi connectivity index (χ0) is 7.56. The van der Waals surface area contributed by atoms with Crippen LogP contribution in [0.5, 0.6) is 0 Å². The van der Waals surface area contributed by atoms with Crippen LogP contribution in [0.4, 0.5) is 4.39 Å². The van der Waals surface area contributed by atoms with Gasteiger partial charge in [-0.1, -0.05) is 11.6 Å². The number of nitrogens with two attached hydrogens (primary N) is 1. The SMILES string of the molecule is NSc1ccc(F)c(Cl)c1. The lowest BCUT2D eigenvalue weighted by atomic mass is 10.3. The summed E-state index contributed by atoms with van der Waals surface area (Å²) in [6, 6.07) is 4.35. The molecule has 54 valence electrons. The lowest BCUT2D eigenvalue weighted by Gasteiger charge is -1.95. The van der Waals surface area contributed by atoms with E-state index in [0.29, 0.717) is 0 Å². The van der Waals surface area contributed by atoms with Crippen LogP contribution in [-0.2, 0) is 0 Å². The molecule has 1 rings (SSSR count). The van der Waals surface area contributed by atoms with Crippen molar-refractivity contribution in [3.63, 3.8) is 0 Å². The minimum Gasteiger partial charge on any atom is -0.274 e. The summed E-state index contributed by atoms with van der Waals surface area (Å²) in [7, 11) is 0. The molecule has 0 bridgehead atoms. The molecule has 0 aliphatic rings. The normalized spacial score (nSPS) is 9.90. The largest absolute Gasteiger partial charge is 0.274 e. The molecule has 0 aliphatic carbocycles. The number of rotatable bonds is 1. The monoisotopic (exact) mass is 177 g/mol.